The fraction of sp³-hybridized carbons (Fsp3) is 0.500. The predicted octanol–water partition coefficient (Wildman–Crippen LogP) is 9.76. The van der Waals surface area contributed by atoms with Crippen molar-refractivity contribution < 1.29 is 2.82 Å². The van der Waals surface area contributed by atoms with Crippen LogP contribution in [0.25, 0.3) is 0 Å². The number of rotatable bonds is 8. The first kappa shape index (κ1) is 30.1. The van der Waals surface area contributed by atoms with E-state index in [0.717, 1.165) is 5.70 Å². The van der Waals surface area contributed by atoms with Crippen LogP contribution in [-0.4, -0.2) is 28.5 Å². The number of nitrogens with zero attached hydrogens (tertiary/aromatic N) is 2. The van der Waals surface area contributed by atoms with Crippen molar-refractivity contribution in [3.8, 4) is 0 Å². The number of para-hydroxylation sites is 2. The van der Waals surface area contributed by atoms with Gasteiger partial charge in [0.05, 0.1) is 0 Å². The Hall–Kier alpha value is -1.44. The molecule has 5 heteroatoms. The second-order valence-corrected chi connectivity index (χ2v) is 21.8. The van der Waals surface area contributed by atoms with Crippen LogP contribution in [0.5, 0.6) is 0 Å². The Morgan fingerprint density at radius 1 is 0.703 bits per heavy atom. The van der Waals surface area contributed by atoms with E-state index in [0.29, 0.717) is 23.7 Å². The van der Waals surface area contributed by atoms with Crippen LogP contribution >= 0.6 is 0 Å². The number of hydrogen-bond acceptors (Lipinski definition) is 3. The van der Waals surface area contributed by atoms with E-state index in [2.05, 4.69) is 136 Å². The number of anilines is 2. The molecule has 1 atom stereocenters. The van der Waals surface area contributed by atoms with Crippen LogP contribution in [0.4, 0.5) is 11.4 Å². The molecule has 0 bridgehead atoms. The van der Waals surface area contributed by atoms with Crippen molar-refractivity contribution in [3.05, 3.63) is 82.7 Å². The molecular weight excluding hydrogens is 528 g/mol. The van der Waals surface area contributed by atoms with Crippen molar-refractivity contribution in [2.45, 2.75) is 103 Å². The Balaban J connectivity index is 2.48. The zero-order valence-corrected chi connectivity index (χ0v) is 28.7. The Kier molecular flexibility index (Phi) is 9.56. The Morgan fingerprint density at radius 3 is 1.38 bits per heavy atom. The summed E-state index contributed by atoms with van der Waals surface area (Å²) in [5.74, 6) is 8.72. The maximum absolute atomic E-state index is 7.37. The normalized spacial score (nSPS) is 18.5. The van der Waals surface area contributed by atoms with Gasteiger partial charge in [0, 0.05) is 0 Å². The Bertz CT molecular complexity index is 1110. The molecule has 3 nitrogen and oxygen atoms in total. The second-order valence-electron chi connectivity index (χ2n) is 12.2. The van der Waals surface area contributed by atoms with E-state index in [4.69, 9.17) is 2.82 Å². The first-order valence-electron chi connectivity index (χ1n) is 14.1. The quantitative estimate of drug-likeness (QED) is 0.291. The molecule has 1 aliphatic heterocycles. The summed E-state index contributed by atoms with van der Waals surface area (Å²) in [6.07, 6.45) is 2.29. The van der Waals surface area contributed by atoms with Gasteiger partial charge in [-0.15, -0.1) is 0 Å². The molecule has 1 aliphatic rings. The fourth-order valence-electron chi connectivity index (χ4n) is 5.89. The molecule has 0 aliphatic carbocycles. The van der Waals surface area contributed by atoms with Gasteiger partial charge in [-0.3, -0.25) is 0 Å². The molecule has 1 unspecified atom stereocenters. The summed E-state index contributed by atoms with van der Waals surface area (Å²) < 4.78 is 12.6. The topological polar surface area (TPSA) is 15.7 Å². The average molecular weight is 577 g/mol. The average Bonchev–Trinajstić information content (AvgIpc) is 2.77. The van der Waals surface area contributed by atoms with Gasteiger partial charge >= 0.3 is 236 Å². The third kappa shape index (κ3) is 5.79. The zero-order chi connectivity index (χ0) is 27.8. The van der Waals surface area contributed by atoms with E-state index in [-0.39, 0.29) is 0 Å². The van der Waals surface area contributed by atoms with Gasteiger partial charge in [-0.2, -0.15) is 0 Å². The molecular formula is C32H49AlGeN2O. The summed E-state index contributed by atoms with van der Waals surface area (Å²) in [7, 11) is 0. The minimum atomic E-state index is -3.54. The van der Waals surface area contributed by atoms with Crippen LogP contribution in [0.2, 0.25) is 17.3 Å². The first-order chi connectivity index (χ1) is 17.2. The molecule has 2 aromatic rings. The summed E-state index contributed by atoms with van der Waals surface area (Å²) in [6, 6.07) is 13.7. The predicted molar refractivity (Wildman–Crippen MR) is 167 cm³/mol. The molecule has 0 saturated heterocycles. The number of hydrogen-bond donors (Lipinski definition) is 0. The number of benzene rings is 2. The van der Waals surface area contributed by atoms with Gasteiger partial charge in [-0.1, -0.05) is 0 Å². The van der Waals surface area contributed by atoms with Crippen LogP contribution in [-0.2, 0) is 2.82 Å². The standard InChI is InChI=1S/C30H43GeN2O.2CH3.Al/c1-19(2)25-14-12-15-26(20(3)4)29(25)32-23(9)18-24(10)33(31(32,11)34)30-27(21(5)6)16-13-17-28(30)22(7)8;;;/h12-22H,9H2,1-8,10-11H3;2*1H3;/q-1;;;+1. The summed E-state index contributed by atoms with van der Waals surface area (Å²) in [5, 5.41) is 0. The molecule has 0 N–H and O–H groups in total. The molecule has 37 heavy (non-hydrogen) atoms. The van der Waals surface area contributed by atoms with E-state index < -0.39 is 28.5 Å². The van der Waals surface area contributed by atoms with Crippen molar-refractivity contribution in [3.63, 3.8) is 0 Å². The molecule has 0 saturated carbocycles. The summed E-state index contributed by atoms with van der Waals surface area (Å²) in [5.41, 5.74) is 10.6. The minimum absolute atomic E-state index is 0.402. The van der Waals surface area contributed by atoms with E-state index in [9.17, 15) is 0 Å². The van der Waals surface area contributed by atoms with Crippen molar-refractivity contribution in [2.24, 2.45) is 0 Å². The van der Waals surface area contributed by atoms with Gasteiger partial charge in [0.15, 0.2) is 0 Å². The Labute approximate surface area is 235 Å². The zero-order valence-electron chi connectivity index (χ0n) is 25.4. The molecule has 1 heterocycles. The molecule has 200 valence electrons. The summed E-state index contributed by atoms with van der Waals surface area (Å²) in [4.78, 5) is 0. The van der Waals surface area contributed by atoms with Crippen LogP contribution in [0, 0.1) is 0 Å². The molecule has 2 aromatic carbocycles. The van der Waals surface area contributed by atoms with Crippen LogP contribution in [0.3, 0.4) is 0 Å². The van der Waals surface area contributed by atoms with Gasteiger partial charge in [0.2, 0.25) is 0 Å². The van der Waals surface area contributed by atoms with Crippen molar-refractivity contribution in [1.29, 1.82) is 0 Å². The fourth-order valence-corrected chi connectivity index (χ4v) is 19.9. The van der Waals surface area contributed by atoms with E-state index in [1.807, 2.05) is 0 Å². The molecule has 0 aromatic heterocycles. The molecule has 3 rings (SSSR count). The van der Waals surface area contributed by atoms with Gasteiger partial charge < -0.3 is 0 Å². The van der Waals surface area contributed by atoms with Crippen LogP contribution < -0.4 is 7.71 Å². The van der Waals surface area contributed by atoms with Gasteiger partial charge in [0.25, 0.3) is 0 Å². The van der Waals surface area contributed by atoms with E-state index in [1.165, 1.54) is 39.3 Å². The van der Waals surface area contributed by atoms with E-state index in [1.54, 1.807) is 0 Å². The molecule has 0 fully saturated rings. The Morgan fingerprint density at radius 2 is 1.05 bits per heavy atom. The van der Waals surface area contributed by atoms with Crippen molar-refractivity contribution in [2.75, 3.05) is 7.71 Å². The summed E-state index contributed by atoms with van der Waals surface area (Å²) in [6.45, 7) is 25.4. The summed E-state index contributed by atoms with van der Waals surface area (Å²) >= 11 is -4.96. The van der Waals surface area contributed by atoms with Crippen molar-refractivity contribution >= 4 is 39.9 Å². The maximum atomic E-state index is 7.37. The molecule has 0 amide bonds. The van der Waals surface area contributed by atoms with Gasteiger partial charge in [-0.05, 0) is 0 Å². The van der Waals surface area contributed by atoms with Crippen LogP contribution in [0.15, 0.2) is 60.4 Å². The SMILES string of the molecule is C=C1C=C(C)[N](c2c(C(C)C)cccc2C(C)C)[Ge]([CH3])([O][Al]([CH3])[CH3])[N]1c1c(C(C)C)cccc1C(C)C. The first-order valence-corrected chi connectivity index (χ1v) is 21.7. The van der Waals surface area contributed by atoms with Gasteiger partial charge in [-0.25, -0.2) is 0 Å². The number of allylic oxidation sites excluding steroid dienone is 2. The van der Waals surface area contributed by atoms with Crippen molar-refractivity contribution in [1.82, 2.24) is 0 Å². The molecule has 0 radical (unpaired) electrons. The van der Waals surface area contributed by atoms with Gasteiger partial charge in [0.1, 0.15) is 0 Å². The van der Waals surface area contributed by atoms with Crippen LogP contribution in [0.1, 0.15) is 108 Å². The molecule has 0 spiro atoms. The third-order valence-electron chi connectivity index (χ3n) is 7.44. The second kappa shape index (κ2) is 11.7. The monoisotopic (exact) mass is 578 g/mol. The third-order valence-corrected chi connectivity index (χ3v) is 19.9. The van der Waals surface area contributed by atoms with E-state index >= 15 is 0 Å².